The van der Waals surface area contributed by atoms with E-state index < -0.39 is 4.92 Å². The number of nitro benzene ring substituents is 1. The fourth-order valence-electron chi connectivity index (χ4n) is 1.69. The van der Waals surface area contributed by atoms with Gasteiger partial charge in [-0.1, -0.05) is 0 Å². The Bertz CT molecular complexity index is 595. The van der Waals surface area contributed by atoms with Crippen LogP contribution in [0.1, 0.15) is 12.8 Å². The maximum atomic E-state index is 10.7. The summed E-state index contributed by atoms with van der Waals surface area (Å²) in [7, 11) is 0. The van der Waals surface area contributed by atoms with Crippen LogP contribution in [0.15, 0.2) is 24.5 Å². The predicted molar refractivity (Wildman–Crippen MR) is 62.8 cm³/mol. The smallest absolute Gasteiger partial charge is 0.270 e. The Morgan fingerprint density at radius 2 is 2.18 bits per heavy atom. The largest absolute Gasteiger partial charge is 0.367 e. The van der Waals surface area contributed by atoms with Crippen LogP contribution in [0.25, 0.3) is 10.9 Å². The minimum absolute atomic E-state index is 0.0612. The van der Waals surface area contributed by atoms with Gasteiger partial charge in [0.05, 0.1) is 10.4 Å². The third kappa shape index (κ3) is 1.89. The van der Waals surface area contributed by atoms with Gasteiger partial charge in [-0.2, -0.15) is 0 Å². The van der Waals surface area contributed by atoms with Gasteiger partial charge in [0.2, 0.25) is 0 Å². The summed E-state index contributed by atoms with van der Waals surface area (Å²) in [6.07, 6.45) is 3.72. The van der Waals surface area contributed by atoms with E-state index in [2.05, 4.69) is 15.3 Å². The Morgan fingerprint density at radius 1 is 1.35 bits per heavy atom. The summed E-state index contributed by atoms with van der Waals surface area (Å²) in [5, 5.41) is 14.7. The standard InChI is InChI=1S/C11H10N4O2/c16-15(17)8-3-4-10-9(5-8)11(13-6-12-10)14-7-1-2-7/h3-7H,1-2H2,(H,12,13,14). The minimum atomic E-state index is -0.409. The molecule has 0 amide bonds. The lowest BCUT2D eigenvalue weighted by Crippen LogP contribution is -2.04. The van der Waals surface area contributed by atoms with E-state index >= 15 is 0 Å². The van der Waals surface area contributed by atoms with E-state index in [0.717, 1.165) is 12.8 Å². The van der Waals surface area contributed by atoms with Gasteiger partial charge in [0, 0.05) is 23.6 Å². The van der Waals surface area contributed by atoms with Crippen molar-refractivity contribution in [3.05, 3.63) is 34.6 Å². The molecule has 0 atom stereocenters. The zero-order chi connectivity index (χ0) is 11.8. The highest BCUT2D eigenvalue weighted by molar-refractivity contribution is 5.90. The Labute approximate surface area is 96.8 Å². The molecule has 0 aliphatic heterocycles. The van der Waals surface area contributed by atoms with Gasteiger partial charge in [0.25, 0.3) is 5.69 Å². The highest BCUT2D eigenvalue weighted by Crippen LogP contribution is 2.29. The summed E-state index contributed by atoms with van der Waals surface area (Å²) in [4.78, 5) is 18.6. The van der Waals surface area contributed by atoms with E-state index in [9.17, 15) is 10.1 Å². The molecule has 1 fully saturated rings. The maximum absolute atomic E-state index is 10.7. The van der Waals surface area contributed by atoms with Gasteiger partial charge in [0.15, 0.2) is 0 Å². The van der Waals surface area contributed by atoms with Crippen LogP contribution in [-0.2, 0) is 0 Å². The van der Waals surface area contributed by atoms with Crippen molar-refractivity contribution in [1.29, 1.82) is 0 Å². The summed E-state index contributed by atoms with van der Waals surface area (Å²) >= 11 is 0. The fraction of sp³-hybridized carbons (Fsp3) is 0.273. The minimum Gasteiger partial charge on any atom is -0.367 e. The molecule has 0 radical (unpaired) electrons. The predicted octanol–water partition coefficient (Wildman–Crippen LogP) is 2.11. The van der Waals surface area contributed by atoms with Crippen LogP contribution in [0.4, 0.5) is 11.5 Å². The second-order valence-electron chi connectivity index (χ2n) is 4.10. The van der Waals surface area contributed by atoms with Crippen LogP contribution in [0.3, 0.4) is 0 Å². The van der Waals surface area contributed by atoms with E-state index in [1.807, 2.05) is 0 Å². The van der Waals surface area contributed by atoms with Crippen molar-refractivity contribution >= 4 is 22.4 Å². The fourth-order valence-corrected chi connectivity index (χ4v) is 1.69. The summed E-state index contributed by atoms with van der Waals surface area (Å²) in [5.41, 5.74) is 0.778. The SMILES string of the molecule is O=[N+]([O-])c1ccc2ncnc(NC3CC3)c2c1. The molecule has 0 bridgehead atoms. The second kappa shape index (κ2) is 3.65. The number of hydrogen-bond donors (Lipinski definition) is 1. The highest BCUT2D eigenvalue weighted by atomic mass is 16.6. The van der Waals surface area contributed by atoms with Crippen LogP contribution in [0.5, 0.6) is 0 Å². The summed E-state index contributed by atoms with van der Waals surface area (Å²) < 4.78 is 0. The first-order valence-electron chi connectivity index (χ1n) is 5.40. The van der Waals surface area contributed by atoms with Crippen LogP contribution < -0.4 is 5.32 Å². The topological polar surface area (TPSA) is 81.0 Å². The van der Waals surface area contributed by atoms with E-state index in [1.54, 1.807) is 6.07 Å². The van der Waals surface area contributed by atoms with E-state index in [-0.39, 0.29) is 5.69 Å². The van der Waals surface area contributed by atoms with Crippen molar-refractivity contribution in [3.8, 4) is 0 Å². The summed E-state index contributed by atoms with van der Waals surface area (Å²) in [6.45, 7) is 0. The number of nitrogens with zero attached hydrogens (tertiary/aromatic N) is 3. The average Bonchev–Trinajstić information content (AvgIpc) is 3.13. The van der Waals surface area contributed by atoms with Gasteiger partial charge in [-0.3, -0.25) is 10.1 Å². The van der Waals surface area contributed by atoms with Crippen LogP contribution in [0, 0.1) is 10.1 Å². The van der Waals surface area contributed by atoms with Gasteiger partial charge in [-0.25, -0.2) is 9.97 Å². The van der Waals surface area contributed by atoms with Crippen molar-refractivity contribution in [2.24, 2.45) is 0 Å². The lowest BCUT2D eigenvalue weighted by atomic mass is 10.2. The Kier molecular flexibility index (Phi) is 2.14. The molecule has 86 valence electrons. The third-order valence-electron chi connectivity index (χ3n) is 2.75. The molecule has 2 aromatic rings. The Balaban J connectivity index is 2.12. The van der Waals surface area contributed by atoms with Crippen molar-refractivity contribution in [2.45, 2.75) is 18.9 Å². The molecule has 1 aliphatic rings. The molecule has 3 rings (SSSR count). The van der Waals surface area contributed by atoms with Gasteiger partial charge in [-0.05, 0) is 18.9 Å². The Morgan fingerprint density at radius 3 is 2.88 bits per heavy atom. The van der Waals surface area contributed by atoms with Crippen molar-refractivity contribution in [1.82, 2.24) is 9.97 Å². The molecule has 1 aromatic carbocycles. The number of nitro groups is 1. The average molecular weight is 230 g/mol. The molecule has 0 spiro atoms. The number of benzene rings is 1. The molecule has 1 aromatic heterocycles. The number of hydrogen-bond acceptors (Lipinski definition) is 5. The van der Waals surface area contributed by atoms with E-state index in [0.29, 0.717) is 22.8 Å². The first-order valence-corrected chi connectivity index (χ1v) is 5.40. The zero-order valence-corrected chi connectivity index (χ0v) is 8.96. The second-order valence-corrected chi connectivity index (χ2v) is 4.10. The van der Waals surface area contributed by atoms with Gasteiger partial charge in [-0.15, -0.1) is 0 Å². The van der Waals surface area contributed by atoms with Crippen LogP contribution in [0.2, 0.25) is 0 Å². The molecule has 6 nitrogen and oxygen atoms in total. The van der Waals surface area contributed by atoms with E-state index in [1.165, 1.54) is 18.5 Å². The van der Waals surface area contributed by atoms with Crippen molar-refractivity contribution in [2.75, 3.05) is 5.32 Å². The number of anilines is 1. The molecule has 1 saturated carbocycles. The number of nitrogens with one attached hydrogen (secondary N) is 1. The van der Waals surface area contributed by atoms with Crippen molar-refractivity contribution < 1.29 is 4.92 Å². The molecule has 1 heterocycles. The number of rotatable bonds is 3. The summed E-state index contributed by atoms with van der Waals surface area (Å²) in [6, 6.07) is 5.07. The van der Waals surface area contributed by atoms with Crippen LogP contribution >= 0.6 is 0 Å². The molecule has 6 heteroatoms. The molecule has 1 aliphatic carbocycles. The number of non-ortho nitro benzene ring substituents is 1. The van der Waals surface area contributed by atoms with Crippen LogP contribution in [-0.4, -0.2) is 20.9 Å². The van der Waals surface area contributed by atoms with E-state index in [4.69, 9.17) is 0 Å². The first kappa shape index (κ1) is 9.95. The van der Waals surface area contributed by atoms with Gasteiger partial charge in [0.1, 0.15) is 12.1 Å². The lowest BCUT2D eigenvalue weighted by molar-refractivity contribution is -0.384. The monoisotopic (exact) mass is 230 g/mol. The number of aromatic nitrogens is 2. The Hall–Kier alpha value is -2.24. The third-order valence-corrected chi connectivity index (χ3v) is 2.75. The normalized spacial score (nSPS) is 14.8. The molecule has 1 N–H and O–H groups in total. The molecular formula is C11H10N4O2. The van der Waals surface area contributed by atoms with Gasteiger partial charge < -0.3 is 5.32 Å². The maximum Gasteiger partial charge on any atom is 0.270 e. The van der Waals surface area contributed by atoms with Crippen molar-refractivity contribution in [3.63, 3.8) is 0 Å². The zero-order valence-electron chi connectivity index (χ0n) is 8.96. The lowest BCUT2D eigenvalue weighted by Gasteiger charge is -2.06. The molecule has 17 heavy (non-hydrogen) atoms. The highest BCUT2D eigenvalue weighted by Gasteiger charge is 2.22. The molecule has 0 unspecified atom stereocenters. The molecule has 0 saturated heterocycles. The summed E-state index contributed by atoms with van der Waals surface area (Å²) in [5.74, 6) is 0.682. The van der Waals surface area contributed by atoms with Gasteiger partial charge >= 0.3 is 0 Å². The number of fused-ring (bicyclic) bond motifs is 1. The molecular weight excluding hydrogens is 220 g/mol. The quantitative estimate of drug-likeness (QED) is 0.645. The first-order chi connectivity index (χ1) is 8.24.